The van der Waals surface area contributed by atoms with Crippen LogP contribution < -0.4 is 15.5 Å². The first-order chi connectivity index (χ1) is 19.2. The number of carbonyl (C=O) groups excluding carboxylic acids is 2. The number of nitrogens with zero attached hydrogens (tertiary/aromatic N) is 4. The summed E-state index contributed by atoms with van der Waals surface area (Å²) in [5.74, 6) is 0.912. The van der Waals surface area contributed by atoms with Gasteiger partial charge in [-0.1, -0.05) is 43.1 Å². The molecule has 0 spiro atoms. The van der Waals surface area contributed by atoms with Crippen molar-refractivity contribution in [3.8, 4) is 0 Å². The molecule has 3 heterocycles. The van der Waals surface area contributed by atoms with Gasteiger partial charge >= 0.3 is 5.97 Å². The van der Waals surface area contributed by atoms with Gasteiger partial charge < -0.3 is 19.6 Å². The average Bonchev–Trinajstić information content (AvgIpc) is 3.51. The summed E-state index contributed by atoms with van der Waals surface area (Å²) in [6.07, 6.45) is 3.14. The van der Waals surface area contributed by atoms with Gasteiger partial charge in [0.05, 0.1) is 16.8 Å². The van der Waals surface area contributed by atoms with Gasteiger partial charge in [-0.25, -0.2) is 14.8 Å². The molecule has 214 valence electrons. The SMILES string of the molecule is CCOC(=O)c1csc(NC2=CC(C)=C(/N=c3\sc4ccccc4n3COCC[Si](C)(C)C)N(CCC=O)N2)n1. The fourth-order valence-electron chi connectivity index (χ4n) is 3.88. The molecular formula is C27H36N6O4S2Si. The third kappa shape index (κ3) is 7.68. The number of hydrazine groups is 1. The standard InChI is InChI=1S/C27H36N6O4S2Si/c1-6-37-25(35)20-17-38-26(28-20)29-23-16-19(2)24(33(31-23)12-9-13-34)30-27-32(18-36-14-15-40(3,4)5)21-10-7-8-11-22(21)39-27/h7-8,10-11,13,16-17,31H,6,9,12,14-15,18H2,1-5H3,(H,28,29)/b30-27-. The van der Waals surface area contributed by atoms with Crippen molar-refractivity contribution in [3.63, 3.8) is 0 Å². The van der Waals surface area contributed by atoms with Gasteiger partial charge in [0, 0.05) is 33.0 Å². The van der Waals surface area contributed by atoms with Crippen LogP contribution in [0.1, 0.15) is 30.8 Å². The van der Waals surface area contributed by atoms with Gasteiger partial charge in [0.2, 0.25) is 0 Å². The molecule has 1 aliphatic rings. The Labute approximate surface area is 243 Å². The first-order valence-corrected chi connectivity index (χ1v) is 18.6. The average molecular weight is 601 g/mol. The Balaban J connectivity index is 1.65. The number of rotatable bonds is 13. The van der Waals surface area contributed by atoms with Crippen molar-refractivity contribution in [1.29, 1.82) is 0 Å². The maximum absolute atomic E-state index is 12.0. The number of para-hydroxylation sites is 1. The first kappa shape index (κ1) is 29.7. The van der Waals surface area contributed by atoms with Crippen molar-refractivity contribution in [2.45, 2.75) is 52.7 Å². The van der Waals surface area contributed by atoms with Crippen molar-refractivity contribution in [2.24, 2.45) is 4.99 Å². The predicted octanol–water partition coefficient (Wildman–Crippen LogP) is 5.14. The van der Waals surface area contributed by atoms with Crippen molar-refractivity contribution in [1.82, 2.24) is 20.0 Å². The molecule has 1 aliphatic heterocycles. The molecule has 0 amide bonds. The number of hydrogen-bond donors (Lipinski definition) is 2. The molecule has 0 radical (unpaired) electrons. The molecule has 0 fully saturated rings. The van der Waals surface area contributed by atoms with E-state index in [4.69, 9.17) is 14.5 Å². The quantitative estimate of drug-likeness (QED) is 0.120. The highest BCUT2D eigenvalue weighted by Crippen LogP contribution is 2.24. The molecule has 3 aromatic rings. The lowest BCUT2D eigenvalue weighted by Gasteiger charge is -2.31. The normalized spacial score (nSPS) is 14.4. The van der Waals surface area contributed by atoms with Gasteiger partial charge in [0.1, 0.15) is 18.8 Å². The zero-order valence-electron chi connectivity index (χ0n) is 23.5. The molecule has 1 aromatic carbocycles. The summed E-state index contributed by atoms with van der Waals surface area (Å²) in [5, 5.41) is 7.28. The molecule has 4 rings (SSSR count). The fourth-order valence-corrected chi connectivity index (χ4v) is 6.35. The van der Waals surface area contributed by atoms with Crippen LogP contribution in [0.4, 0.5) is 5.13 Å². The van der Waals surface area contributed by atoms with Crippen LogP contribution in [0, 0.1) is 0 Å². The lowest BCUT2D eigenvalue weighted by molar-refractivity contribution is -0.108. The Bertz CT molecular complexity index is 1480. The second-order valence-electron chi connectivity index (χ2n) is 10.4. The van der Waals surface area contributed by atoms with E-state index in [9.17, 15) is 9.59 Å². The highest BCUT2D eigenvalue weighted by molar-refractivity contribution is 7.16. The summed E-state index contributed by atoms with van der Waals surface area (Å²) in [5.41, 5.74) is 5.54. The van der Waals surface area contributed by atoms with Crippen LogP contribution in [0.25, 0.3) is 10.2 Å². The second-order valence-corrected chi connectivity index (χ2v) is 17.9. The molecule has 2 N–H and O–H groups in total. The van der Waals surface area contributed by atoms with Crippen LogP contribution in [0.2, 0.25) is 25.7 Å². The molecule has 13 heteroatoms. The number of allylic oxidation sites excluding steroid dienone is 2. The minimum absolute atomic E-state index is 0.257. The van der Waals surface area contributed by atoms with E-state index in [2.05, 4.69) is 52.1 Å². The molecule has 0 saturated carbocycles. The van der Waals surface area contributed by atoms with E-state index in [1.807, 2.05) is 30.1 Å². The number of aldehydes is 1. The van der Waals surface area contributed by atoms with Gasteiger partial charge in [-0.3, -0.25) is 15.0 Å². The minimum Gasteiger partial charge on any atom is -0.461 e. The van der Waals surface area contributed by atoms with Crippen molar-refractivity contribution >= 4 is 58.4 Å². The number of anilines is 1. The lowest BCUT2D eigenvalue weighted by atomic mass is 10.2. The summed E-state index contributed by atoms with van der Waals surface area (Å²) in [7, 11) is -1.20. The van der Waals surface area contributed by atoms with Crippen LogP contribution in [0.3, 0.4) is 0 Å². The Hall–Kier alpha value is -3.26. The van der Waals surface area contributed by atoms with E-state index < -0.39 is 14.0 Å². The van der Waals surface area contributed by atoms with E-state index in [0.29, 0.717) is 43.1 Å². The van der Waals surface area contributed by atoms with E-state index in [1.165, 1.54) is 11.3 Å². The summed E-state index contributed by atoms with van der Waals surface area (Å²) in [6.45, 7) is 12.6. The van der Waals surface area contributed by atoms with Gasteiger partial charge in [-0.2, -0.15) is 0 Å². The summed E-state index contributed by atoms with van der Waals surface area (Å²) < 4.78 is 14.4. The van der Waals surface area contributed by atoms with Crippen LogP contribution >= 0.6 is 22.7 Å². The number of carbonyl (C=O) groups is 2. The second kappa shape index (κ2) is 13.4. The maximum atomic E-state index is 12.0. The number of esters is 1. The van der Waals surface area contributed by atoms with Crippen LogP contribution in [0.15, 0.2) is 57.9 Å². The Morgan fingerprint density at radius 2 is 2.08 bits per heavy atom. The van der Waals surface area contributed by atoms with Gasteiger partial charge in [0.25, 0.3) is 0 Å². The van der Waals surface area contributed by atoms with Gasteiger partial charge in [-0.15, -0.1) is 11.3 Å². The molecule has 0 bridgehead atoms. The number of fused-ring (bicyclic) bond motifs is 1. The van der Waals surface area contributed by atoms with Crippen LogP contribution in [-0.4, -0.2) is 54.6 Å². The number of ether oxygens (including phenoxy) is 2. The van der Waals surface area contributed by atoms with Crippen LogP contribution in [0.5, 0.6) is 0 Å². The number of benzene rings is 1. The lowest BCUT2D eigenvalue weighted by Crippen LogP contribution is -2.42. The topological polar surface area (TPSA) is 110 Å². The monoisotopic (exact) mass is 600 g/mol. The fraction of sp³-hybridized carbons (Fsp3) is 0.407. The van der Waals surface area contributed by atoms with Gasteiger partial charge in [-0.05, 0) is 43.7 Å². The Morgan fingerprint density at radius 3 is 2.83 bits per heavy atom. The summed E-state index contributed by atoms with van der Waals surface area (Å²) in [4.78, 5) is 33.5. The highest BCUT2D eigenvalue weighted by Gasteiger charge is 2.21. The number of nitrogens with one attached hydrogen (secondary N) is 2. The van der Waals surface area contributed by atoms with Crippen LogP contribution in [-0.2, 0) is 21.0 Å². The molecule has 0 atom stereocenters. The van der Waals surface area contributed by atoms with E-state index in [0.717, 1.165) is 32.9 Å². The molecule has 10 nitrogen and oxygen atoms in total. The molecule has 0 aliphatic carbocycles. The number of thiazole rings is 2. The first-order valence-electron chi connectivity index (χ1n) is 13.2. The molecule has 0 unspecified atom stereocenters. The third-order valence-electron chi connectivity index (χ3n) is 5.93. The molecule has 40 heavy (non-hydrogen) atoms. The van der Waals surface area contributed by atoms with E-state index in [1.54, 1.807) is 23.6 Å². The Kier molecular flexibility index (Phi) is 9.95. The minimum atomic E-state index is -1.20. The summed E-state index contributed by atoms with van der Waals surface area (Å²) in [6, 6.07) is 9.30. The van der Waals surface area contributed by atoms with Crippen molar-refractivity contribution < 1.29 is 19.1 Å². The molecule has 2 aromatic heterocycles. The predicted molar refractivity (Wildman–Crippen MR) is 162 cm³/mol. The van der Waals surface area contributed by atoms with Crippen molar-refractivity contribution in [2.75, 3.05) is 25.1 Å². The number of hydrogen-bond acceptors (Lipinski definition) is 11. The van der Waals surface area contributed by atoms with E-state index >= 15 is 0 Å². The van der Waals surface area contributed by atoms with Gasteiger partial charge in [0.15, 0.2) is 21.4 Å². The Morgan fingerprint density at radius 1 is 1.27 bits per heavy atom. The summed E-state index contributed by atoms with van der Waals surface area (Å²) >= 11 is 2.91. The molecular weight excluding hydrogens is 565 g/mol. The smallest absolute Gasteiger partial charge is 0.357 e. The van der Waals surface area contributed by atoms with Crippen molar-refractivity contribution in [3.05, 3.63) is 63.4 Å². The number of aromatic nitrogens is 2. The zero-order valence-corrected chi connectivity index (χ0v) is 26.2. The zero-order chi connectivity index (χ0) is 28.7. The van der Waals surface area contributed by atoms with E-state index in [-0.39, 0.29) is 12.3 Å². The third-order valence-corrected chi connectivity index (χ3v) is 9.45. The molecule has 0 saturated heterocycles. The maximum Gasteiger partial charge on any atom is 0.357 e. The highest BCUT2D eigenvalue weighted by atomic mass is 32.1. The largest absolute Gasteiger partial charge is 0.461 e.